The SMILES string of the molecule is O=S(=O)(Cc1ccccc1)N1CCN(c2ccc(Nc3ccccn3)nn2)CC1. The monoisotopic (exact) mass is 410 g/mol. The van der Waals surface area contributed by atoms with Crippen LogP contribution >= 0.6 is 0 Å². The summed E-state index contributed by atoms with van der Waals surface area (Å²) < 4.78 is 26.9. The first kappa shape index (κ1) is 19.3. The zero-order valence-corrected chi connectivity index (χ0v) is 16.7. The molecule has 1 aliphatic heterocycles. The van der Waals surface area contributed by atoms with Gasteiger partial charge in [-0.05, 0) is 29.8 Å². The molecule has 3 heterocycles. The zero-order valence-electron chi connectivity index (χ0n) is 15.8. The van der Waals surface area contributed by atoms with Crippen molar-refractivity contribution in [1.29, 1.82) is 0 Å². The maximum atomic E-state index is 12.7. The van der Waals surface area contributed by atoms with Crippen LogP contribution in [0, 0.1) is 0 Å². The number of nitrogens with zero attached hydrogens (tertiary/aromatic N) is 5. The largest absolute Gasteiger partial charge is 0.352 e. The predicted molar refractivity (Wildman–Crippen MR) is 112 cm³/mol. The molecule has 1 saturated heterocycles. The van der Waals surface area contributed by atoms with Crippen molar-refractivity contribution in [3.05, 3.63) is 72.4 Å². The van der Waals surface area contributed by atoms with Gasteiger partial charge >= 0.3 is 0 Å². The molecule has 4 rings (SSSR count). The van der Waals surface area contributed by atoms with Crippen molar-refractivity contribution in [2.24, 2.45) is 0 Å². The van der Waals surface area contributed by atoms with E-state index in [0.717, 1.165) is 11.4 Å². The number of rotatable bonds is 6. The van der Waals surface area contributed by atoms with Crippen LogP contribution in [-0.4, -0.2) is 54.1 Å². The Morgan fingerprint density at radius 1 is 0.828 bits per heavy atom. The van der Waals surface area contributed by atoms with Crippen LogP contribution in [-0.2, 0) is 15.8 Å². The third-order valence-corrected chi connectivity index (χ3v) is 6.57. The molecule has 29 heavy (non-hydrogen) atoms. The number of hydrogen-bond acceptors (Lipinski definition) is 7. The van der Waals surface area contributed by atoms with Gasteiger partial charge in [-0.15, -0.1) is 10.2 Å². The summed E-state index contributed by atoms with van der Waals surface area (Å²) in [5.41, 5.74) is 0.803. The summed E-state index contributed by atoms with van der Waals surface area (Å²) in [5.74, 6) is 2.07. The van der Waals surface area contributed by atoms with Gasteiger partial charge < -0.3 is 10.2 Å². The molecule has 0 bridgehead atoms. The Balaban J connectivity index is 1.34. The molecule has 1 N–H and O–H groups in total. The van der Waals surface area contributed by atoms with Crippen molar-refractivity contribution in [1.82, 2.24) is 19.5 Å². The van der Waals surface area contributed by atoms with E-state index in [4.69, 9.17) is 0 Å². The second kappa shape index (κ2) is 8.54. The van der Waals surface area contributed by atoms with Gasteiger partial charge in [0, 0.05) is 32.4 Å². The van der Waals surface area contributed by atoms with E-state index in [-0.39, 0.29) is 5.75 Å². The van der Waals surface area contributed by atoms with Crippen LogP contribution in [0.5, 0.6) is 0 Å². The minimum atomic E-state index is -3.33. The summed E-state index contributed by atoms with van der Waals surface area (Å²) in [5, 5.41) is 11.6. The second-order valence-corrected chi connectivity index (χ2v) is 8.71. The molecule has 9 heteroatoms. The molecule has 8 nitrogen and oxygen atoms in total. The topological polar surface area (TPSA) is 91.3 Å². The molecule has 2 aromatic heterocycles. The normalized spacial score (nSPS) is 15.2. The Morgan fingerprint density at radius 2 is 1.59 bits per heavy atom. The van der Waals surface area contributed by atoms with Gasteiger partial charge in [-0.1, -0.05) is 36.4 Å². The molecule has 150 valence electrons. The van der Waals surface area contributed by atoms with Gasteiger partial charge in [-0.2, -0.15) is 4.31 Å². The second-order valence-electron chi connectivity index (χ2n) is 6.74. The molecular weight excluding hydrogens is 388 g/mol. The Kier molecular flexibility index (Phi) is 5.68. The van der Waals surface area contributed by atoms with Crippen LogP contribution in [0.4, 0.5) is 17.5 Å². The zero-order chi connectivity index (χ0) is 20.1. The Labute approximate surface area is 170 Å². The lowest BCUT2D eigenvalue weighted by Crippen LogP contribution is -2.49. The van der Waals surface area contributed by atoms with E-state index in [1.54, 1.807) is 10.5 Å². The summed E-state index contributed by atoms with van der Waals surface area (Å²) in [7, 11) is -3.33. The lowest BCUT2D eigenvalue weighted by Gasteiger charge is -2.34. The summed E-state index contributed by atoms with van der Waals surface area (Å²) in [6.07, 6.45) is 1.70. The van der Waals surface area contributed by atoms with Crippen LogP contribution in [0.25, 0.3) is 0 Å². The lowest BCUT2D eigenvalue weighted by molar-refractivity contribution is 0.383. The van der Waals surface area contributed by atoms with Crippen LogP contribution in [0.15, 0.2) is 66.9 Å². The number of pyridine rings is 1. The molecule has 0 spiro atoms. The highest BCUT2D eigenvalue weighted by molar-refractivity contribution is 7.88. The predicted octanol–water partition coefficient (Wildman–Crippen LogP) is 2.27. The number of benzene rings is 1. The summed E-state index contributed by atoms with van der Waals surface area (Å²) in [6, 6.07) is 18.6. The van der Waals surface area contributed by atoms with E-state index in [9.17, 15) is 8.42 Å². The van der Waals surface area contributed by atoms with E-state index in [1.807, 2.05) is 65.6 Å². The van der Waals surface area contributed by atoms with Crippen molar-refractivity contribution in [2.75, 3.05) is 36.4 Å². The molecule has 0 aliphatic carbocycles. The van der Waals surface area contributed by atoms with Crippen molar-refractivity contribution in [3.8, 4) is 0 Å². The van der Waals surface area contributed by atoms with E-state index in [2.05, 4.69) is 20.5 Å². The number of nitrogens with one attached hydrogen (secondary N) is 1. The Bertz CT molecular complexity index is 1020. The number of aromatic nitrogens is 3. The standard InChI is InChI=1S/C20H22N6O2S/c27-29(28,16-17-6-2-1-3-7-17)26-14-12-25(13-15-26)20-10-9-19(23-24-20)22-18-8-4-5-11-21-18/h1-11H,12-16H2,(H,21,22,23). The van der Waals surface area contributed by atoms with Gasteiger partial charge in [0.25, 0.3) is 0 Å². The highest BCUT2D eigenvalue weighted by atomic mass is 32.2. The van der Waals surface area contributed by atoms with E-state index < -0.39 is 10.0 Å². The first-order chi connectivity index (χ1) is 14.1. The quantitative estimate of drug-likeness (QED) is 0.666. The molecule has 3 aromatic rings. The molecule has 1 fully saturated rings. The van der Waals surface area contributed by atoms with E-state index >= 15 is 0 Å². The maximum Gasteiger partial charge on any atom is 0.218 e. The van der Waals surface area contributed by atoms with Gasteiger partial charge in [0.15, 0.2) is 11.6 Å². The summed E-state index contributed by atoms with van der Waals surface area (Å²) >= 11 is 0. The van der Waals surface area contributed by atoms with Crippen LogP contribution < -0.4 is 10.2 Å². The van der Waals surface area contributed by atoms with E-state index in [0.29, 0.717) is 37.8 Å². The van der Waals surface area contributed by atoms with Gasteiger partial charge in [0.1, 0.15) is 5.82 Å². The fraction of sp³-hybridized carbons (Fsp3) is 0.250. The molecule has 0 unspecified atom stereocenters. The number of sulfonamides is 1. The van der Waals surface area contributed by atoms with Crippen LogP contribution in [0.3, 0.4) is 0 Å². The van der Waals surface area contributed by atoms with Gasteiger partial charge in [-0.3, -0.25) is 0 Å². The Hall–Kier alpha value is -3.04. The lowest BCUT2D eigenvalue weighted by atomic mass is 10.2. The maximum absolute atomic E-state index is 12.7. The van der Waals surface area contributed by atoms with Gasteiger partial charge in [-0.25, -0.2) is 13.4 Å². The average molecular weight is 411 g/mol. The first-order valence-corrected chi connectivity index (χ1v) is 11.0. The van der Waals surface area contributed by atoms with Gasteiger partial charge in [0.2, 0.25) is 10.0 Å². The van der Waals surface area contributed by atoms with Crippen molar-refractivity contribution >= 4 is 27.5 Å². The fourth-order valence-corrected chi connectivity index (χ4v) is 4.72. The number of hydrogen-bond donors (Lipinski definition) is 1. The highest BCUT2D eigenvalue weighted by Crippen LogP contribution is 2.19. The average Bonchev–Trinajstić information content (AvgIpc) is 2.76. The van der Waals surface area contributed by atoms with E-state index in [1.165, 1.54) is 0 Å². The van der Waals surface area contributed by atoms with Crippen molar-refractivity contribution in [2.45, 2.75) is 5.75 Å². The first-order valence-electron chi connectivity index (χ1n) is 9.39. The molecule has 0 amide bonds. The molecule has 1 aliphatic rings. The summed E-state index contributed by atoms with van der Waals surface area (Å²) in [6.45, 7) is 2.03. The minimum absolute atomic E-state index is 0.0293. The number of piperazine rings is 1. The highest BCUT2D eigenvalue weighted by Gasteiger charge is 2.27. The molecule has 0 atom stereocenters. The molecule has 0 radical (unpaired) electrons. The fourth-order valence-electron chi connectivity index (χ4n) is 3.20. The smallest absolute Gasteiger partial charge is 0.218 e. The molecule has 0 saturated carbocycles. The number of anilines is 3. The molecular formula is C20H22N6O2S. The van der Waals surface area contributed by atoms with Crippen molar-refractivity contribution < 1.29 is 8.42 Å². The summed E-state index contributed by atoms with van der Waals surface area (Å²) in [4.78, 5) is 6.24. The third-order valence-electron chi connectivity index (χ3n) is 4.72. The van der Waals surface area contributed by atoms with Crippen LogP contribution in [0.1, 0.15) is 5.56 Å². The Morgan fingerprint density at radius 3 is 2.24 bits per heavy atom. The van der Waals surface area contributed by atoms with Crippen LogP contribution in [0.2, 0.25) is 0 Å². The van der Waals surface area contributed by atoms with Crippen molar-refractivity contribution in [3.63, 3.8) is 0 Å². The molecule has 1 aromatic carbocycles. The minimum Gasteiger partial charge on any atom is -0.352 e. The van der Waals surface area contributed by atoms with Gasteiger partial charge in [0.05, 0.1) is 5.75 Å². The third kappa shape index (κ3) is 4.87.